The topological polar surface area (TPSA) is 64.4 Å². The first kappa shape index (κ1) is 19.6. The molecule has 0 bridgehead atoms. The van der Waals surface area contributed by atoms with Crippen LogP contribution in [-0.2, 0) is 21.4 Å². The zero-order valence-corrected chi connectivity index (χ0v) is 17.5. The summed E-state index contributed by atoms with van der Waals surface area (Å²) in [4.78, 5) is 32.0. The first-order valence-corrected chi connectivity index (χ1v) is 10.6. The maximum atomic E-state index is 14.1. The number of nitrogens with zero attached hydrogens (tertiary/aromatic N) is 3. The normalized spacial score (nSPS) is 29.1. The highest BCUT2D eigenvalue weighted by Crippen LogP contribution is 2.50. The van der Waals surface area contributed by atoms with Crippen molar-refractivity contribution in [1.82, 2.24) is 9.80 Å². The summed E-state index contributed by atoms with van der Waals surface area (Å²) in [6.07, 6.45) is 0.301. The lowest BCUT2D eigenvalue weighted by Gasteiger charge is -2.28. The zero-order chi connectivity index (χ0) is 21.8. The van der Waals surface area contributed by atoms with Crippen LogP contribution < -0.4 is 0 Å². The molecule has 0 aromatic heterocycles. The number of fused-ring (bicyclic) bond motifs is 3. The van der Waals surface area contributed by atoms with E-state index >= 15 is 0 Å². The number of hydrogen-bond acceptors (Lipinski definition) is 4. The van der Waals surface area contributed by atoms with E-state index in [9.17, 15) is 14.9 Å². The quantitative estimate of drug-likeness (QED) is 0.727. The van der Waals surface area contributed by atoms with Gasteiger partial charge in [-0.2, -0.15) is 5.26 Å². The van der Waals surface area contributed by atoms with E-state index in [4.69, 9.17) is 0 Å². The van der Waals surface area contributed by atoms with Gasteiger partial charge >= 0.3 is 0 Å². The molecule has 0 spiro atoms. The molecule has 1 radical (unpaired) electrons. The van der Waals surface area contributed by atoms with Gasteiger partial charge in [-0.15, -0.1) is 0 Å². The molecule has 1 amide bonds. The van der Waals surface area contributed by atoms with Crippen molar-refractivity contribution in [1.29, 1.82) is 5.26 Å². The SMILES string of the molecule is C=C(C)N1[CH]C2C(C1)CN1C(=O)C(Cc3ccccc3)(c3cccc(C#N)c3)C(=O)C21. The van der Waals surface area contributed by atoms with Crippen LogP contribution in [0.4, 0.5) is 0 Å². The molecule has 2 aromatic carbocycles. The number of rotatable bonds is 4. The van der Waals surface area contributed by atoms with E-state index in [1.165, 1.54) is 0 Å². The molecule has 31 heavy (non-hydrogen) atoms. The van der Waals surface area contributed by atoms with Crippen LogP contribution in [0.3, 0.4) is 0 Å². The Bertz CT molecular complexity index is 1120. The molecule has 0 saturated carbocycles. The Morgan fingerprint density at radius 2 is 1.94 bits per heavy atom. The summed E-state index contributed by atoms with van der Waals surface area (Å²) in [5, 5.41) is 9.43. The maximum absolute atomic E-state index is 14.1. The third kappa shape index (κ3) is 2.82. The molecule has 3 aliphatic rings. The molecular weight excluding hydrogens is 386 g/mol. The van der Waals surface area contributed by atoms with Gasteiger partial charge in [0.1, 0.15) is 5.41 Å². The monoisotopic (exact) mass is 410 g/mol. The minimum absolute atomic E-state index is 0.00458. The van der Waals surface area contributed by atoms with E-state index in [2.05, 4.69) is 24.1 Å². The van der Waals surface area contributed by atoms with Gasteiger partial charge in [-0.25, -0.2) is 0 Å². The van der Waals surface area contributed by atoms with Crippen molar-refractivity contribution >= 4 is 11.7 Å². The summed E-state index contributed by atoms with van der Waals surface area (Å²) in [6.45, 7) is 9.46. The van der Waals surface area contributed by atoms with E-state index in [0.717, 1.165) is 17.8 Å². The van der Waals surface area contributed by atoms with E-state index in [0.29, 0.717) is 24.1 Å². The lowest BCUT2D eigenvalue weighted by Crippen LogP contribution is -2.44. The highest BCUT2D eigenvalue weighted by Gasteiger charge is 2.66. The van der Waals surface area contributed by atoms with Crippen molar-refractivity contribution < 1.29 is 9.59 Å². The highest BCUT2D eigenvalue weighted by atomic mass is 16.2. The van der Waals surface area contributed by atoms with Crippen molar-refractivity contribution in [2.24, 2.45) is 11.8 Å². The van der Waals surface area contributed by atoms with Crippen molar-refractivity contribution in [2.45, 2.75) is 24.8 Å². The molecule has 0 N–H and O–H groups in total. The zero-order valence-electron chi connectivity index (χ0n) is 17.5. The summed E-state index contributed by atoms with van der Waals surface area (Å²) in [5.41, 5.74) is 1.66. The van der Waals surface area contributed by atoms with Gasteiger partial charge in [0, 0.05) is 30.6 Å². The van der Waals surface area contributed by atoms with Crippen LogP contribution in [0, 0.1) is 29.7 Å². The fraction of sp³-hybridized carbons (Fsp3) is 0.308. The number of Topliss-reactive ketones (excluding diaryl/α,β-unsaturated/α-hetero) is 1. The van der Waals surface area contributed by atoms with Gasteiger partial charge in [-0.3, -0.25) is 9.59 Å². The Balaban J connectivity index is 1.60. The second-order valence-corrected chi connectivity index (χ2v) is 8.90. The number of benzene rings is 2. The average Bonchev–Trinajstić information content (AvgIpc) is 3.40. The number of carbonyl (C=O) groups is 2. The van der Waals surface area contributed by atoms with E-state index in [-0.39, 0.29) is 23.5 Å². The van der Waals surface area contributed by atoms with Crippen LogP contribution in [0.1, 0.15) is 23.6 Å². The summed E-state index contributed by atoms with van der Waals surface area (Å²) < 4.78 is 0. The molecule has 5 heteroatoms. The molecule has 3 fully saturated rings. The van der Waals surface area contributed by atoms with Gasteiger partial charge in [-0.1, -0.05) is 49.0 Å². The van der Waals surface area contributed by atoms with Gasteiger partial charge < -0.3 is 9.80 Å². The number of allylic oxidation sites excluding steroid dienone is 1. The fourth-order valence-electron chi connectivity index (χ4n) is 5.56. The Morgan fingerprint density at radius 3 is 2.65 bits per heavy atom. The van der Waals surface area contributed by atoms with Crippen LogP contribution in [0.5, 0.6) is 0 Å². The average molecular weight is 410 g/mol. The molecule has 5 nitrogen and oxygen atoms in total. The summed E-state index contributed by atoms with van der Waals surface area (Å²) in [7, 11) is 0. The Morgan fingerprint density at radius 1 is 1.16 bits per heavy atom. The Kier molecular flexibility index (Phi) is 4.48. The fourth-order valence-corrected chi connectivity index (χ4v) is 5.56. The summed E-state index contributed by atoms with van der Waals surface area (Å²) in [5.74, 6) is 0.0644. The van der Waals surface area contributed by atoms with Crippen LogP contribution in [0.25, 0.3) is 0 Å². The van der Waals surface area contributed by atoms with Crippen LogP contribution in [0.15, 0.2) is 66.9 Å². The lowest BCUT2D eigenvalue weighted by atomic mass is 9.70. The molecule has 4 atom stereocenters. The molecule has 3 saturated heterocycles. The molecule has 5 rings (SSSR count). The number of amides is 1. The number of ketones is 1. The number of nitriles is 1. The molecular formula is C26H24N3O2. The molecule has 155 valence electrons. The van der Waals surface area contributed by atoms with E-state index < -0.39 is 11.5 Å². The Hall–Kier alpha value is -3.39. The van der Waals surface area contributed by atoms with Crippen LogP contribution >= 0.6 is 0 Å². The predicted octanol–water partition coefficient (Wildman–Crippen LogP) is 3.08. The summed E-state index contributed by atoms with van der Waals surface area (Å²) in [6, 6.07) is 18.3. The van der Waals surface area contributed by atoms with Crippen molar-refractivity contribution in [3.8, 4) is 6.07 Å². The number of likely N-dealkylation sites (tertiary alicyclic amines) is 1. The van der Waals surface area contributed by atoms with Gasteiger partial charge in [0.25, 0.3) is 0 Å². The van der Waals surface area contributed by atoms with Gasteiger partial charge in [-0.05, 0) is 36.6 Å². The predicted molar refractivity (Wildman–Crippen MR) is 116 cm³/mol. The van der Waals surface area contributed by atoms with Crippen LogP contribution in [-0.4, -0.2) is 40.6 Å². The van der Waals surface area contributed by atoms with Crippen molar-refractivity contribution in [3.63, 3.8) is 0 Å². The molecule has 2 aromatic rings. The number of carbonyl (C=O) groups excluding carboxylic acids is 2. The second kappa shape index (κ2) is 7.09. The maximum Gasteiger partial charge on any atom is 0.241 e. The lowest BCUT2D eigenvalue weighted by molar-refractivity contribution is -0.134. The summed E-state index contributed by atoms with van der Waals surface area (Å²) >= 11 is 0. The molecule has 4 unspecified atom stereocenters. The highest BCUT2D eigenvalue weighted by molar-refractivity contribution is 6.20. The van der Waals surface area contributed by atoms with Gasteiger partial charge in [0.15, 0.2) is 5.78 Å². The molecule has 0 aliphatic carbocycles. The number of hydrogen-bond donors (Lipinski definition) is 0. The standard InChI is InChI=1S/C26H24N3O2/c1-17(2)28-14-20-15-29-23(22(20)16-28)24(30)26(25(29)31,12-18-7-4-3-5-8-18)21-10-6-9-19(11-21)13-27/h3-11,16,20,22-23H,1,12,14-15H2,2H3. The minimum atomic E-state index is -1.30. The van der Waals surface area contributed by atoms with Gasteiger partial charge in [0.2, 0.25) is 5.91 Å². The minimum Gasteiger partial charge on any atom is -0.370 e. The van der Waals surface area contributed by atoms with Crippen molar-refractivity contribution in [2.75, 3.05) is 13.1 Å². The first-order chi connectivity index (χ1) is 15.0. The molecule has 3 aliphatic heterocycles. The third-order valence-electron chi connectivity index (χ3n) is 7.06. The van der Waals surface area contributed by atoms with Crippen LogP contribution in [0.2, 0.25) is 0 Å². The first-order valence-electron chi connectivity index (χ1n) is 10.6. The van der Waals surface area contributed by atoms with Crippen molar-refractivity contribution in [3.05, 3.63) is 90.1 Å². The molecule has 3 heterocycles. The van der Waals surface area contributed by atoms with E-state index in [1.807, 2.05) is 43.3 Å². The van der Waals surface area contributed by atoms with E-state index in [1.54, 1.807) is 23.1 Å². The smallest absolute Gasteiger partial charge is 0.241 e. The third-order valence-corrected chi connectivity index (χ3v) is 7.06. The van der Waals surface area contributed by atoms with Gasteiger partial charge in [0.05, 0.1) is 24.2 Å². The largest absolute Gasteiger partial charge is 0.370 e. The Labute approximate surface area is 182 Å². The second-order valence-electron chi connectivity index (χ2n) is 8.90.